The van der Waals surface area contributed by atoms with E-state index in [1.54, 1.807) is 14.0 Å². The van der Waals surface area contributed by atoms with Crippen LogP contribution < -0.4 is 16.0 Å². The van der Waals surface area contributed by atoms with Crippen LogP contribution in [-0.4, -0.2) is 60.2 Å². The van der Waals surface area contributed by atoms with Gasteiger partial charge in [0.05, 0.1) is 31.4 Å². The number of carbonyl (C=O) groups excluding carboxylic acids is 1. The molecule has 0 aliphatic rings. The quantitative estimate of drug-likeness (QED) is 0.361. The number of aliphatic hydroxyl groups excluding tert-OH is 1. The SMILES string of the molecule is COc1ccc(F)cc1[C@@H](O)Cn1c(=O)n([C@@H](C)C(=O)N(C)C(C)C)c(=O)c2c(C)c(-n3nccn3)sc21. The first kappa shape index (κ1) is 27.2. The molecule has 4 rings (SSSR count). The topological polar surface area (TPSA) is 124 Å². The molecular weight excluding hydrogens is 515 g/mol. The van der Waals surface area contributed by atoms with Crippen molar-refractivity contribution in [2.45, 2.75) is 52.4 Å². The number of thiophene rings is 1. The Balaban J connectivity index is 1.97. The van der Waals surface area contributed by atoms with Crippen LogP contribution in [0.25, 0.3) is 15.2 Å². The number of amides is 1. The molecule has 4 aromatic rings. The van der Waals surface area contributed by atoms with E-state index in [1.807, 2.05) is 13.8 Å². The Morgan fingerprint density at radius 3 is 2.47 bits per heavy atom. The van der Waals surface area contributed by atoms with Crippen LogP contribution in [0.3, 0.4) is 0 Å². The Kier molecular flexibility index (Phi) is 7.51. The molecule has 13 heteroatoms. The largest absolute Gasteiger partial charge is 0.496 e. The van der Waals surface area contributed by atoms with E-state index in [2.05, 4.69) is 10.2 Å². The summed E-state index contributed by atoms with van der Waals surface area (Å²) < 4.78 is 21.5. The van der Waals surface area contributed by atoms with Crippen LogP contribution in [-0.2, 0) is 11.3 Å². The van der Waals surface area contributed by atoms with Gasteiger partial charge in [-0.1, -0.05) is 11.3 Å². The van der Waals surface area contributed by atoms with E-state index in [9.17, 15) is 23.9 Å². The average Bonchev–Trinajstić information content (AvgIpc) is 3.53. The van der Waals surface area contributed by atoms with Crippen molar-refractivity contribution < 1.29 is 19.0 Å². The molecule has 0 saturated carbocycles. The number of aryl methyl sites for hydroxylation is 1. The molecule has 38 heavy (non-hydrogen) atoms. The molecule has 3 heterocycles. The second-order valence-corrected chi connectivity index (χ2v) is 10.2. The lowest BCUT2D eigenvalue weighted by atomic mass is 10.1. The maximum Gasteiger partial charge on any atom is 0.332 e. The number of likely N-dealkylation sites (N-methyl/N-ethyl adjacent to an activating group) is 1. The van der Waals surface area contributed by atoms with E-state index in [-0.39, 0.29) is 34.1 Å². The van der Waals surface area contributed by atoms with Crippen LogP contribution in [0.1, 0.15) is 44.0 Å². The number of aromatic nitrogens is 5. The molecule has 1 N–H and O–H groups in total. The molecule has 202 valence electrons. The van der Waals surface area contributed by atoms with Gasteiger partial charge in [-0.05, 0) is 45.9 Å². The van der Waals surface area contributed by atoms with Gasteiger partial charge >= 0.3 is 5.69 Å². The smallest absolute Gasteiger partial charge is 0.332 e. The number of ether oxygens (including phenoxy) is 1. The molecule has 0 saturated heterocycles. The fraction of sp³-hybridized carbons (Fsp3) is 0.400. The van der Waals surface area contributed by atoms with Crippen molar-refractivity contribution in [1.29, 1.82) is 0 Å². The third-order valence-corrected chi connectivity index (χ3v) is 7.87. The summed E-state index contributed by atoms with van der Waals surface area (Å²) in [6.07, 6.45) is 1.60. The van der Waals surface area contributed by atoms with E-state index < -0.39 is 35.1 Å². The Bertz CT molecular complexity index is 1610. The monoisotopic (exact) mass is 544 g/mol. The first-order chi connectivity index (χ1) is 18.0. The van der Waals surface area contributed by atoms with Crippen LogP contribution >= 0.6 is 11.3 Å². The zero-order valence-corrected chi connectivity index (χ0v) is 22.7. The lowest BCUT2D eigenvalue weighted by molar-refractivity contribution is -0.134. The van der Waals surface area contributed by atoms with Gasteiger partial charge in [-0.15, -0.1) is 4.80 Å². The Morgan fingerprint density at radius 1 is 1.21 bits per heavy atom. The molecule has 0 aliphatic carbocycles. The summed E-state index contributed by atoms with van der Waals surface area (Å²) >= 11 is 1.10. The molecule has 0 unspecified atom stereocenters. The van der Waals surface area contributed by atoms with Crippen molar-refractivity contribution in [3.63, 3.8) is 0 Å². The Hall–Kier alpha value is -3.84. The molecular formula is C25H29FN6O5S. The van der Waals surface area contributed by atoms with Gasteiger partial charge in [-0.2, -0.15) is 10.2 Å². The number of halogens is 1. The normalized spacial score (nSPS) is 13.2. The van der Waals surface area contributed by atoms with E-state index in [0.717, 1.165) is 22.0 Å². The number of rotatable bonds is 8. The van der Waals surface area contributed by atoms with Gasteiger partial charge in [0, 0.05) is 24.2 Å². The predicted molar refractivity (Wildman–Crippen MR) is 141 cm³/mol. The summed E-state index contributed by atoms with van der Waals surface area (Å²) in [5.74, 6) is -0.765. The van der Waals surface area contributed by atoms with Gasteiger partial charge in [0.25, 0.3) is 5.56 Å². The minimum Gasteiger partial charge on any atom is -0.496 e. The van der Waals surface area contributed by atoms with E-state index >= 15 is 0 Å². The van der Waals surface area contributed by atoms with E-state index in [0.29, 0.717) is 10.6 Å². The van der Waals surface area contributed by atoms with Crippen molar-refractivity contribution in [2.24, 2.45) is 0 Å². The maximum atomic E-state index is 14.0. The lowest BCUT2D eigenvalue weighted by Crippen LogP contribution is -2.47. The summed E-state index contributed by atoms with van der Waals surface area (Å²) in [6.45, 7) is 6.51. The summed E-state index contributed by atoms with van der Waals surface area (Å²) in [5, 5.41) is 20.1. The van der Waals surface area contributed by atoms with Crippen molar-refractivity contribution in [3.05, 3.63) is 68.4 Å². The van der Waals surface area contributed by atoms with Gasteiger partial charge < -0.3 is 14.7 Å². The van der Waals surface area contributed by atoms with Gasteiger partial charge in [0.2, 0.25) is 5.91 Å². The molecule has 11 nitrogen and oxygen atoms in total. The maximum absolute atomic E-state index is 14.0. The Morgan fingerprint density at radius 2 is 1.87 bits per heavy atom. The first-order valence-corrected chi connectivity index (χ1v) is 12.7. The summed E-state index contributed by atoms with van der Waals surface area (Å²) in [5.41, 5.74) is -0.764. The van der Waals surface area contributed by atoms with Gasteiger partial charge in [0.15, 0.2) is 0 Å². The number of benzene rings is 1. The van der Waals surface area contributed by atoms with Crippen molar-refractivity contribution in [2.75, 3.05) is 14.2 Å². The zero-order chi connectivity index (χ0) is 27.9. The fourth-order valence-electron chi connectivity index (χ4n) is 4.26. The number of fused-ring (bicyclic) bond motifs is 1. The number of carbonyl (C=O) groups is 1. The van der Waals surface area contributed by atoms with Crippen molar-refractivity contribution in [3.8, 4) is 10.8 Å². The van der Waals surface area contributed by atoms with Crippen LogP contribution in [0.15, 0.2) is 40.2 Å². The summed E-state index contributed by atoms with van der Waals surface area (Å²) in [6, 6.07) is 2.43. The third-order valence-electron chi connectivity index (χ3n) is 6.59. The number of hydrogen-bond donors (Lipinski definition) is 1. The third kappa shape index (κ3) is 4.63. The Labute approximate surface area is 221 Å². The number of nitrogens with zero attached hydrogens (tertiary/aromatic N) is 6. The van der Waals surface area contributed by atoms with Gasteiger partial charge in [-0.25, -0.2) is 13.8 Å². The molecule has 0 radical (unpaired) electrons. The highest BCUT2D eigenvalue weighted by molar-refractivity contribution is 7.21. The molecule has 0 aliphatic heterocycles. The first-order valence-electron chi connectivity index (χ1n) is 11.9. The highest BCUT2D eigenvalue weighted by Crippen LogP contribution is 2.32. The second-order valence-electron chi connectivity index (χ2n) is 9.22. The number of methoxy groups -OCH3 is 1. The zero-order valence-electron chi connectivity index (χ0n) is 21.9. The lowest BCUT2D eigenvalue weighted by Gasteiger charge is -2.26. The minimum atomic E-state index is -1.37. The van der Waals surface area contributed by atoms with Crippen molar-refractivity contribution in [1.82, 2.24) is 29.0 Å². The molecule has 1 aromatic carbocycles. The molecule has 0 fully saturated rings. The molecule has 0 bridgehead atoms. The highest BCUT2D eigenvalue weighted by atomic mass is 32.1. The fourth-order valence-corrected chi connectivity index (χ4v) is 5.48. The van der Waals surface area contributed by atoms with E-state index in [4.69, 9.17) is 4.74 Å². The van der Waals surface area contributed by atoms with Gasteiger partial charge in [-0.3, -0.25) is 14.2 Å². The number of hydrogen-bond acceptors (Lipinski definition) is 8. The van der Waals surface area contributed by atoms with Crippen LogP contribution in [0.4, 0.5) is 4.39 Å². The van der Waals surface area contributed by atoms with Crippen LogP contribution in [0.2, 0.25) is 0 Å². The van der Waals surface area contributed by atoms with Gasteiger partial charge in [0.1, 0.15) is 33.5 Å². The summed E-state index contributed by atoms with van der Waals surface area (Å²) in [4.78, 5) is 43.8. The molecule has 1 amide bonds. The molecule has 3 aromatic heterocycles. The second kappa shape index (κ2) is 10.5. The number of aliphatic hydroxyl groups is 1. The standard InChI is InChI=1S/C25H29FN6O5S/c1-13(2)29(5)21(34)15(4)31-22(35)20-14(3)23(32-27-9-10-28-32)38-24(20)30(25(31)36)12-18(33)17-11-16(26)7-8-19(17)37-6/h7-11,13,15,18,33H,12H2,1-6H3/t15-,18-/m0/s1. The molecule has 2 atom stereocenters. The average molecular weight is 545 g/mol. The highest BCUT2D eigenvalue weighted by Gasteiger charge is 2.29. The van der Waals surface area contributed by atoms with Crippen molar-refractivity contribution >= 4 is 27.5 Å². The van der Waals surface area contributed by atoms with E-state index in [1.165, 1.54) is 52.8 Å². The van der Waals surface area contributed by atoms with Crippen LogP contribution in [0, 0.1) is 12.7 Å². The predicted octanol–water partition coefficient (Wildman–Crippen LogP) is 2.42. The van der Waals surface area contributed by atoms with Crippen LogP contribution in [0.5, 0.6) is 5.75 Å². The summed E-state index contributed by atoms with van der Waals surface area (Å²) in [7, 11) is 2.99. The minimum absolute atomic E-state index is 0.135. The molecule has 0 spiro atoms.